The number of pyridine rings is 1. The number of hydrogen-bond donors (Lipinski definition) is 1. The van der Waals surface area contributed by atoms with E-state index < -0.39 is 5.97 Å². The molecule has 2 aromatic heterocycles. The summed E-state index contributed by atoms with van der Waals surface area (Å²) in [7, 11) is 0. The van der Waals surface area contributed by atoms with Crippen molar-refractivity contribution in [3.05, 3.63) is 59.2 Å². The average Bonchev–Trinajstić information content (AvgIpc) is 2.94. The molecule has 3 aromatic rings. The van der Waals surface area contributed by atoms with E-state index in [9.17, 15) is 9.90 Å². The largest absolute Gasteiger partial charge is 0.477 e. The molecule has 2 heterocycles. The fraction of sp³-hybridized carbons (Fsp3) is 0.0625. The molecule has 1 aromatic carbocycles. The normalized spacial score (nSPS) is 10.5. The Hall–Kier alpha value is -2.53. The van der Waals surface area contributed by atoms with Gasteiger partial charge >= 0.3 is 5.97 Å². The van der Waals surface area contributed by atoms with Crippen LogP contribution >= 0.6 is 11.3 Å². The third kappa shape index (κ3) is 2.55. The molecule has 0 unspecified atom stereocenters. The molecule has 0 aliphatic rings. The Morgan fingerprint density at radius 2 is 1.86 bits per heavy atom. The Kier molecular flexibility index (Phi) is 3.50. The number of aromatic carboxylic acids is 1. The predicted octanol–water partition coefficient (Wildman–Crippen LogP) is 3.88. The summed E-state index contributed by atoms with van der Waals surface area (Å²) >= 11 is 1.20. The highest BCUT2D eigenvalue weighted by Gasteiger charge is 2.20. The molecule has 0 bridgehead atoms. The highest BCUT2D eigenvalue weighted by Crippen LogP contribution is 2.34. The fourth-order valence-corrected chi connectivity index (χ4v) is 3.12. The molecule has 4 nitrogen and oxygen atoms in total. The minimum Gasteiger partial charge on any atom is -0.477 e. The van der Waals surface area contributed by atoms with Gasteiger partial charge in [-0.25, -0.2) is 9.78 Å². The van der Waals surface area contributed by atoms with Crippen molar-refractivity contribution in [2.24, 2.45) is 0 Å². The second kappa shape index (κ2) is 5.46. The van der Waals surface area contributed by atoms with Crippen LogP contribution in [0.15, 0.2) is 48.8 Å². The Morgan fingerprint density at radius 3 is 2.52 bits per heavy atom. The molecule has 0 amide bonds. The van der Waals surface area contributed by atoms with Crippen molar-refractivity contribution >= 4 is 17.3 Å². The molecule has 1 N–H and O–H groups in total. The number of rotatable bonds is 3. The van der Waals surface area contributed by atoms with Gasteiger partial charge < -0.3 is 5.11 Å². The zero-order chi connectivity index (χ0) is 14.8. The van der Waals surface area contributed by atoms with E-state index in [1.54, 1.807) is 24.5 Å². The summed E-state index contributed by atoms with van der Waals surface area (Å²) in [5, 5.41) is 10.1. The summed E-state index contributed by atoms with van der Waals surface area (Å²) in [5.74, 6) is -0.959. The van der Waals surface area contributed by atoms with Gasteiger partial charge in [0, 0.05) is 23.5 Å². The Bertz CT molecular complexity index is 797. The lowest BCUT2D eigenvalue weighted by molar-refractivity contribution is 0.0702. The van der Waals surface area contributed by atoms with Crippen molar-refractivity contribution in [2.45, 2.75) is 6.92 Å². The molecule has 0 atom stereocenters. The SMILES string of the molecule is Cc1ccccc1-c1nc(-c2ccncc2)c(C(=O)O)s1. The maximum atomic E-state index is 11.5. The van der Waals surface area contributed by atoms with Gasteiger partial charge in [-0.15, -0.1) is 11.3 Å². The lowest BCUT2D eigenvalue weighted by Crippen LogP contribution is -1.95. The maximum Gasteiger partial charge on any atom is 0.348 e. The van der Waals surface area contributed by atoms with Crippen LogP contribution in [0.25, 0.3) is 21.8 Å². The molecule has 0 saturated heterocycles. The van der Waals surface area contributed by atoms with Gasteiger partial charge in [0.15, 0.2) is 0 Å². The Labute approximate surface area is 125 Å². The van der Waals surface area contributed by atoms with Crippen LogP contribution in [0.4, 0.5) is 0 Å². The monoisotopic (exact) mass is 296 g/mol. The molecule has 5 heteroatoms. The number of nitrogens with zero attached hydrogens (tertiary/aromatic N) is 2. The van der Waals surface area contributed by atoms with Crippen LogP contribution in [0.3, 0.4) is 0 Å². The van der Waals surface area contributed by atoms with Crippen molar-refractivity contribution in [1.82, 2.24) is 9.97 Å². The number of hydrogen-bond acceptors (Lipinski definition) is 4. The molecule has 0 spiro atoms. The molecular weight excluding hydrogens is 284 g/mol. The maximum absolute atomic E-state index is 11.5. The van der Waals surface area contributed by atoms with E-state index in [0.29, 0.717) is 5.69 Å². The second-order valence-electron chi connectivity index (χ2n) is 4.55. The molecule has 0 fully saturated rings. The van der Waals surface area contributed by atoms with Gasteiger partial charge in [0.25, 0.3) is 0 Å². The molecule has 0 aliphatic heterocycles. The number of carboxylic acids is 1. The highest BCUT2D eigenvalue weighted by atomic mass is 32.1. The van der Waals surface area contributed by atoms with Gasteiger partial charge in [-0.3, -0.25) is 4.98 Å². The molecule has 21 heavy (non-hydrogen) atoms. The van der Waals surface area contributed by atoms with E-state index in [2.05, 4.69) is 9.97 Å². The molecule has 0 aliphatic carbocycles. The van der Waals surface area contributed by atoms with Gasteiger partial charge in [-0.1, -0.05) is 24.3 Å². The van der Waals surface area contributed by atoms with Crippen LogP contribution in [-0.4, -0.2) is 21.0 Å². The first-order valence-electron chi connectivity index (χ1n) is 6.37. The summed E-state index contributed by atoms with van der Waals surface area (Å²) in [5.41, 5.74) is 3.29. The first-order chi connectivity index (χ1) is 10.2. The van der Waals surface area contributed by atoms with Crippen molar-refractivity contribution < 1.29 is 9.90 Å². The number of carboxylic acid groups (broad SMARTS) is 1. The quantitative estimate of drug-likeness (QED) is 0.796. The first kappa shape index (κ1) is 13.5. The first-order valence-corrected chi connectivity index (χ1v) is 7.19. The molecule has 104 valence electrons. The van der Waals surface area contributed by atoms with Crippen LogP contribution in [-0.2, 0) is 0 Å². The Balaban J connectivity index is 2.18. The van der Waals surface area contributed by atoms with Crippen molar-refractivity contribution in [3.8, 4) is 21.8 Å². The third-order valence-electron chi connectivity index (χ3n) is 3.15. The van der Waals surface area contributed by atoms with Gasteiger partial charge in [0.2, 0.25) is 0 Å². The van der Waals surface area contributed by atoms with Gasteiger partial charge in [0.05, 0.1) is 5.69 Å². The van der Waals surface area contributed by atoms with E-state index in [0.717, 1.165) is 21.7 Å². The average molecular weight is 296 g/mol. The standard InChI is InChI=1S/C16H12N2O2S/c1-10-4-2-3-5-12(10)15-18-13(14(21-15)16(19)20)11-6-8-17-9-7-11/h2-9H,1H3,(H,19,20). The summed E-state index contributed by atoms with van der Waals surface area (Å²) in [6, 6.07) is 11.4. The fourth-order valence-electron chi connectivity index (χ4n) is 2.10. The minimum absolute atomic E-state index is 0.249. The molecule has 0 saturated carbocycles. The van der Waals surface area contributed by atoms with Gasteiger partial charge in [-0.2, -0.15) is 0 Å². The molecule has 0 radical (unpaired) electrons. The number of carbonyl (C=O) groups is 1. The van der Waals surface area contributed by atoms with Crippen LogP contribution in [0.1, 0.15) is 15.2 Å². The van der Waals surface area contributed by atoms with Crippen molar-refractivity contribution in [1.29, 1.82) is 0 Å². The van der Waals surface area contributed by atoms with Gasteiger partial charge in [-0.05, 0) is 24.6 Å². The number of aryl methyl sites for hydroxylation is 1. The second-order valence-corrected chi connectivity index (χ2v) is 5.55. The summed E-state index contributed by atoms with van der Waals surface area (Å²) in [4.78, 5) is 20.2. The number of aromatic nitrogens is 2. The summed E-state index contributed by atoms with van der Waals surface area (Å²) in [6.45, 7) is 1.99. The lowest BCUT2D eigenvalue weighted by Gasteiger charge is -2.00. The van der Waals surface area contributed by atoms with E-state index in [-0.39, 0.29) is 4.88 Å². The minimum atomic E-state index is -0.959. The molecule has 3 rings (SSSR count). The van der Waals surface area contributed by atoms with Crippen LogP contribution in [0.2, 0.25) is 0 Å². The number of thiazole rings is 1. The van der Waals surface area contributed by atoms with Crippen molar-refractivity contribution in [3.63, 3.8) is 0 Å². The Morgan fingerprint density at radius 1 is 1.14 bits per heavy atom. The van der Waals surface area contributed by atoms with E-state index in [4.69, 9.17) is 0 Å². The summed E-state index contributed by atoms with van der Waals surface area (Å²) < 4.78 is 0. The van der Waals surface area contributed by atoms with Crippen LogP contribution in [0.5, 0.6) is 0 Å². The van der Waals surface area contributed by atoms with Crippen molar-refractivity contribution in [2.75, 3.05) is 0 Å². The predicted molar refractivity (Wildman–Crippen MR) is 82.5 cm³/mol. The van der Waals surface area contributed by atoms with E-state index in [1.165, 1.54) is 11.3 Å². The number of benzene rings is 1. The highest BCUT2D eigenvalue weighted by molar-refractivity contribution is 7.17. The van der Waals surface area contributed by atoms with Gasteiger partial charge in [0.1, 0.15) is 9.88 Å². The molecular formula is C16H12N2O2S. The third-order valence-corrected chi connectivity index (χ3v) is 4.23. The lowest BCUT2D eigenvalue weighted by atomic mass is 10.1. The van der Waals surface area contributed by atoms with E-state index >= 15 is 0 Å². The summed E-state index contributed by atoms with van der Waals surface area (Å²) in [6.07, 6.45) is 3.27. The van der Waals surface area contributed by atoms with Crippen LogP contribution in [0, 0.1) is 6.92 Å². The van der Waals surface area contributed by atoms with E-state index in [1.807, 2.05) is 31.2 Å². The zero-order valence-corrected chi connectivity index (χ0v) is 12.1. The van der Waals surface area contributed by atoms with Crippen LogP contribution < -0.4 is 0 Å². The topological polar surface area (TPSA) is 63.1 Å². The zero-order valence-electron chi connectivity index (χ0n) is 11.3. The smallest absolute Gasteiger partial charge is 0.348 e.